The van der Waals surface area contributed by atoms with Crippen molar-refractivity contribution in [3.63, 3.8) is 0 Å². The molecule has 3 rings (SSSR count). The van der Waals surface area contributed by atoms with Crippen molar-refractivity contribution in [1.29, 1.82) is 0 Å². The number of likely N-dealkylation sites (N-methyl/N-ethyl adjacent to an activating group) is 2. The summed E-state index contributed by atoms with van der Waals surface area (Å²) in [5.41, 5.74) is -2.31. The van der Waals surface area contributed by atoms with Crippen LogP contribution in [-0.4, -0.2) is 134 Å². The second-order valence-corrected chi connectivity index (χ2v) is 15.3. The van der Waals surface area contributed by atoms with Crippen LogP contribution in [0.5, 0.6) is 0 Å². The van der Waals surface area contributed by atoms with Crippen molar-refractivity contribution in [2.24, 2.45) is 23.2 Å². The van der Waals surface area contributed by atoms with Crippen LogP contribution in [0.4, 0.5) is 0 Å². The molecular weight excluding hydrogens is 562 g/mol. The van der Waals surface area contributed by atoms with Crippen molar-refractivity contribution in [2.75, 3.05) is 54.5 Å². The maximum Gasteiger partial charge on any atom is 0.319 e. The lowest BCUT2D eigenvalue weighted by atomic mass is 9.74. The second-order valence-electron chi connectivity index (χ2n) is 15.3. The van der Waals surface area contributed by atoms with E-state index in [1.807, 2.05) is 32.8 Å². The van der Waals surface area contributed by atoms with E-state index in [1.165, 1.54) is 0 Å². The molecule has 0 saturated carbocycles. The Balaban J connectivity index is 1.99. The maximum atomic E-state index is 14.2. The average Bonchev–Trinajstić information content (AvgIpc) is 2.95. The maximum absolute atomic E-state index is 14.2. The van der Waals surface area contributed by atoms with Crippen molar-refractivity contribution in [1.82, 2.24) is 14.7 Å². The molecule has 10 nitrogen and oxygen atoms in total. The number of aliphatic hydroxyl groups is 1. The molecule has 0 radical (unpaired) electrons. The average molecular weight is 626 g/mol. The fourth-order valence-corrected chi connectivity index (χ4v) is 7.88. The van der Waals surface area contributed by atoms with Crippen molar-refractivity contribution < 1.29 is 33.6 Å². The molecule has 3 aliphatic heterocycles. The SMILES string of the molecule is CO[C@]1(C)C[C@@H](C)CN(C)[C@@H](C2CCCN(C(C)C)C2)COC(=O)C(C)(C)C(=O)[C@H](C)[C@H]1O[C@@H]1O[C@H](C)C[C@H](N(C)C)[C@H]1O. The summed E-state index contributed by atoms with van der Waals surface area (Å²) in [6, 6.07) is 0.322. The molecule has 0 bridgehead atoms. The van der Waals surface area contributed by atoms with E-state index in [0.717, 1.165) is 32.5 Å². The topological polar surface area (TPSA) is 101 Å². The molecule has 3 saturated heterocycles. The summed E-state index contributed by atoms with van der Waals surface area (Å²) >= 11 is 0. The van der Waals surface area contributed by atoms with Crippen molar-refractivity contribution >= 4 is 11.8 Å². The number of hydrogen-bond donors (Lipinski definition) is 1. The first-order chi connectivity index (χ1) is 20.4. The summed E-state index contributed by atoms with van der Waals surface area (Å²) < 4.78 is 25.1. The zero-order valence-electron chi connectivity index (χ0n) is 29.7. The van der Waals surface area contributed by atoms with Crippen LogP contribution in [0.3, 0.4) is 0 Å². The van der Waals surface area contributed by atoms with E-state index < -0.39 is 41.4 Å². The van der Waals surface area contributed by atoms with Gasteiger partial charge in [0.15, 0.2) is 12.1 Å². The van der Waals surface area contributed by atoms with E-state index in [1.54, 1.807) is 27.9 Å². The quantitative estimate of drug-likeness (QED) is 0.349. The lowest BCUT2D eigenvalue weighted by Crippen LogP contribution is -2.59. The molecule has 0 aromatic rings. The first-order valence-corrected chi connectivity index (χ1v) is 16.8. The van der Waals surface area contributed by atoms with E-state index in [-0.39, 0.29) is 36.5 Å². The molecule has 1 unspecified atom stereocenters. The van der Waals surface area contributed by atoms with Gasteiger partial charge < -0.3 is 33.9 Å². The number of piperidine rings is 1. The monoisotopic (exact) mass is 625 g/mol. The van der Waals surface area contributed by atoms with E-state index >= 15 is 0 Å². The van der Waals surface area contributed by atoms with Gasteiger partial charge in [-0.2, -0.15) is 0 Å². The summed E-state index contributed by atoms with van der Waals surface area (Å²) in [6.45, 7) is 18.7. The zero-order valence-corrected chi connectivity index (χ0v) is 29.7. The Labute approximate surface area is 267 Å². The molecule has 3 fully saturated rings. The Kier molecular flexibility index (Phi) is 12.9. The fourth-order valence-electron chi connectivity index (χ4n) is 7.88. The number of esters is 1. The number of nitrogens with zero attached hydrogens (tertiary/aromatic N) is 3. The molecule has 10 heteroatoms. The van der Waals surface area contributed by atoms with Crippen LogP contribution in [-0.2, 0) is 28.5 Å². The largest absolute Gasteiger partial charge is 0.463 e. The van der Waals surface area contributed by atoms with Gasteiger partial charge >= 0.3 is 5.97 Å². The highest BCUT2D eigenvalue weighted by Gasteiger charge is 2.51. The van der Waals surface area contributed by atoms with Gasteiger partial charge in [0.25, 0.3) is 0 Å². The van der Waals surface area contributed by atoms with E-state index in [0.29, 0.717) is 24.8 Å². The summed E-state index contributed by atoms with van der Waals surface area (Å²) in [5.74, 6) is -1.03. The standard InChI is InChI=1S/C34H63N3O7/c1-21(2)37-15-13-14-25(19-37)27-20-42-32(40)33(6,7)29(39)24(5)30(34(8,41-12)17-22(3)18-36(27)11)44-31-28(38)26(35(9)10)16-23(4)43-31/h21-28,30-31,38H,13-20H2,1-12H3/t22-,23-,24+,25?,26+,27-,28-,30-,31+,34-/m1/s1. The van der Waals surface area contributed by atoms with Gasteiger partial charge in [0.1, 0.15) is 18.1 Å². The first kappa shape index (κ1) is 37.3. The Morgan fingerprint density at radius 2 is 1.75 bits per heavy atom. The van der Waals surface area contributed by atoms with Gasteiger partial charge in [0.05, 0.1) is 17.8 Å². The number of methoxy groups -OCH3 is 1. The van der Waals surface area contributed by atoms with Crippen molar-refractivity contribution in [3.8, 4) is 0 Å². The Morgan fingerprint density at radius 3 is 2.34 bits per heavy atom. The highest BCUT2D eigenvalue weighted by Crippen LogP contribution is 2.38. The molecular formula is C34H63N3O7. The summed E-state index contributed by atoms with van der Waals surface area (Å²) in [7, 11) is 7.63. The highest BCUT2D eigenvalue weighted by atomic mass is 16.7. The molecule has 0 aromatic carbocycles. The minimum absolute atomic E-state index is 0.0307. The number of ether oxygens (including phenoxy) is 4. The number of hydrogen-bond acceptors (Lipinski definition) is 10. The number of rotatable bonds is 6. The number of carbonyl (C=O) groups is 2. The van der Waals surface area contributed by atoms with E-state index in [9.17, 15) is 14.7 Å². The highest BCUT2D eigenvalue weighted by molar-refractivity contribution is 6.04. The predicted molar refractivity (Wildman–Crippen MR) is 171 cm³/mol. The predicted octanol–water partition coefficient (Wildman–Crippen LogP) is 3.44. The third-order valence-electron chi connectivity index (χ3n) is 10.7. The molecule has 1 N–H and O–H groups in total. The smallest absolute Gasteiger partial charge is 0.319 e. The van der Waals surface area contributed by atoms with Gasteiger partial charge in [-0.15, -0.1) is 0 Å². The number of Topliss-reactive ketones (excluding diaryl/α,β-unsaturated/α-hetero) is 1. The first-order valence-electron chi connectivity index (χ1n) is 16.8. The summed E-state index contributed by atoms with van der Waals surface area (Å²) in [5, 5.41) is 11.3. The van der Waals surface area contributed by atoms with Gasteiger partial charge in [-0.25, -0.2) is 0 Å². The molecule has 3 heterocycles. The van der Waals surface area contributed by atoms with Gasteiger partial charge in [0, 0.05) is 44.2 Å². The minimum Gasteiger partial charge on any atom is -0.463 e. The third-order valence-corrected chi connectivity index (χ3v) is 10.7. The van der Waals surface area contributed by atoms with Gasteiger partial charge in [0.2, 0.25) is 0 Å². The summed E-state index contributed by atoms with van der Waals surface area (Å²) in [6.07, 6.45) is 0.646. The van der Waals surface area contributed by atoms with Crippen LogP contribution in [0.25, 0.3) is 0 Å². The third kappa shape index (κ3) is 8.41. The normalized spacial score (nSPS) is 40.8. The number of ketones is 1. The number of likely N-dealkylation sites (tertiary alicyclic amines) is 1. The molecule has 256 valence electrons. The van der Waals surface area contributed by atoms with Crippen LogP contribution in [0.15, 0.2) is 0 Å². The molecule has 0 aromatic heterocycles. The van der Waals surface area contributed by atoms with Crippen LogP contribution in [0, 0.1) is 23.2 Å². The number of aliphatic hydroxyl groups excluding tert-OH is 1. The van der Waals surface area contributed by atoms with Crippen molar-refractivity contribution in [3.05, 3.63) is 0 Å². The van der Waals surface area contributed by atoms with Gasteiger partial charge in [-0.3, -0.25) is 14.5 Å². The summed E-state index contributed by atoms with van der Waals surface area (Å²) in [4.78, 5) is 34.8. The van der Waals surface area contributed by atoms with Gasteiger partial charge in [-0.05, 0) is 107 Å². The second kappa shape index (κ2) is 15.2. The lowest BCUT2D eigenvalue weighted by Gasteiger charge is -2.47. The molecule has 0 spiro atoms. The Morgan fingerprint density at radius 1 is 1.09 bits per heavy atom. The Bertz CT molecular complexity index is 961. The van der Waals surface area contributed by atoms with Crippen molar-refractivity contribution in [2.45, 2.75) is 129 Å². The number of carbonyl (C=O) groups excluding carboxylic acids is 2. The van der Waals surface area contributed by atoms with Crippen LogP contribution >= 0.6 is 0 Å². The number of cyclic esters (lactones) is 1. The van der Waals surface area contributed by atoms with Crippen LogP contribution < -0.4 is 0 Å². The zero-order chi connectivity index (χ0) is 33.1. The van der Waals surface area contributed by atoms with Crippen LogP contribution in [0.1, 0.15) is 81.1 Å². The van der Waals surface area contributed by atoms with E-state index in [2.05, 4.69) is 37.6 Å². The lowest BCUT2D eigenvalue weighted by molar-refractivity contribution is -0.295. The minimum atomic E-state index is -1.40. The van der Waals surface area contributed by atoms with E-state index in [4.69, 9.17) is 18.9 Å². The van der Waals surface area contributed by atoms with Gasteiger partial charge in [-0.1, -0.05) is 13.8 Å². The molecule has 10 atom stereocenters. The molecule has 0 aliphatic carbocycles. The molecule has 44 heavy (non-hydrogen) atoms. The van der Waals surface area contributed by atoms with Crippen LogP contribution in [0.2, 0.25) is 0 Å². The fraction of sp³-hybridized carbons (Fsp3) is 0.941. The molecule has 3 aliphatic rings. The molecule has 0 amide bonds. The Hall–Kier alpha value is -1.14.